The van der Waals surface area contributed by atoms with Gasteiger partial charge in [0.25, 0.3) is 0 Å². The third-order valence-corrected chi connectivity index (χ3v) is 2.87. The van der Waals surface area contributed by atoms with Crippen LogP contribution in [-0.4, -0.2) is 16.8 Å². The third-order valence-electron chi connectivity index (χ3n) is 2.07. The zero-order valence-electron chi connectivity index (χ0n) is 8.04. The van der Waals surface area contributed by atoms with Crippen LogP contribution in [0.15, 0.2) is 30.6 Å². The monoisotopic (exact) mass is 241 g/mol. The highest BCUT2D eigenvalue weighted by atomic mass is 35.5. The Bertz CT molecular complexity index is 466. The number of aromatic nitrogens is 2. The van der Waals surface area contributed by atoms with Crippen molar-refractivity contribution in [2.75, 3.05) is 12.4 Å². The van der Waals surface area contributed by atoms with E-state index in [1.165, 1.54) is 0 Å². The van der Waals surface area contributed by atoms with Gasteiger partial charge in [-0.05, 0) is 18.2 Å². The molecule has 0 aliphatic heterocycles. The van der Waals surface area contributed by atoms with Crippen molar-refractivity contribution in [2.24, 2.45) is 0 Å². The van der Waals surface area contributed by atoms with Gasteiger partial charge in [0.15, 0.2) is 0 Å². The normalized spacial score (nSPS) is 10.3. The fourth-order valence-electron chi connectivity index (χ4n) is 1.37. The van der Waals surface area contributed by atoms with E-state index in [9.17, 15) is 0 Å². The Morgan fingerprint density at radius 3 is 2.73 bits per heavy atom. The summed E-state index contributed by atoms with van der Waals surface area (Å²) in [6, 6.07) is 5.45. The molecule has 0 unspecified atom stereocenters. The Balaban J connectivity index is 2.67. The highest BCUT2D eigenvalue weighted by molar-refractivity contribution is 6.43. The van der Waals surface area contributed by atoms with Crippen LogP contribution in [0.25, 0.3) is 5.69 Å². The number of anilines is 1. The Morgan fingerprint density at radius 2 is 2.13 bits per heavy atom. The van der Waals surface area contributed by atoms with Crippen molar-refractivity contribution < 1.29 is 0 Å². The molecule has 0 saturated heterocycles. The molecule has 3 nitrogen and oxygen atoms in total. The average molecular weight is 242 g/mol. The Labute approximate surface area is 97.6 Å². The molecule has 0 amide bonds. The predicted molar refractivity (Wildman–Crippen MR) is 63.1 cm³/mol. The smallest absolute Gasteiger partial charge is 0.108 e. The van der Waals surface area contributed by atoms with E-state index in [4.69, 9.17) is 23.2 Å². The second kappa shape index (κ2) is 4.13. The molecule has 15 heavy (non-hydrogen) atoms. The number of hydrogen-bond acceptors (Lipinski definition) is 2. The summed E-state index contributed by atoms with van der Waals surface area (Å²) in [7, 11) is 1.83. The maximum absolute atomic E-state index is 6.14. The summed E-state index contributed by atoms with van der Waals surface area (Å²) in [4.78, 5) is 0. The van der Waals surface area contributed by atoms with E-state index in [1.807, 2.05) is 25.4 Å². The SMILES string of the molecule is CNc1ccc(Cl)c(Cl)c1-n1cccn1. The standard InChI is InChI=1S/C10H9Cl2N3/c1-13-8-4-3-7(11)9(12)10(8)15-6-2-5-14-15/h2-6,13H,1H3. The zero-order valence-corrected chi connectivity index (χ0v) is 9.55. The number of benzene rings is 1. The van der Waals surface area contributed by atoms with E-state index < -0.39 is 0 Å². The van der Waals surface area contributed by atoms with Gasteiger partial charge in [-0.1, -0.05) is 23.2 Å². The number of nitrogens with one attached hydrogen (secondary N) is 1. The number of halogens is 2. The molecule has 1 aromatic carbocycles. The third kappa shape index (κ3) is 1.80. The number of rotatable bonds is 2. The molecule has 0 aliphatic carbocycles. The van der Waals surface area contributed by atoms with Crippen LogP contribution in [0.1, 0.15) is 0 Å². The maximum atomic E-state index is 6.14. The van der Waals surface area contributed by atoms with E-state index in [2.05, 4.69) is 10.4 Å². The first-order valence-corrected chi connectivity index (χ1v) is 5.15. The minimum atomic E-state index is 0.493. The highest BCUT2D eigenvalue weighted by Crippen LogP contribution is 2.33. The van der Waals surface area contributed by atoms with E-state index in [-0.39, 0.29) is 0 Å². The molecular weight excluding hydrogens is 233 g/mol. The lowest BCUT2D eigenvalue weighted by Crippen LogP contribution is -2.01. The second-order valence-electron chi connectivity index (χ2n) is 2.96. The van der Waals surface area contributed by atoms with Crippen molar-refractivity contribution >= 4 is 28.9 Å². The molecule has 0 radical (unpaired) electrons. The van der Waals surface area contributed by atoms with Gasteiger partial charge in [-0.25, -0.2) is 4.68 Å². The molecule has 0 saturated carbocycles. The summed E-state index contributed by atoms with van der Waals surface area (Å²) in [5.74, 6) is 0. The molecule has 0 bridgehead atoms. The topological polar surface area (TPSA) is 29.9 Å². The van der Waals surface area contributed by atoms with Gasteiger partial charge in [-0.3, -0.25) is 0 Å². The van der Waals surface area contributed by atoms with Gasteiger partial charge in [-0.2, -0.15) is 5.10 Å². The molecule has 0 spiro atoms. The van der Waals surface area contributed by atoms with E-state index in [0.29, 0.717) is 10.0 Å². The van der Waals surface area contributed by atoms with Crippen LogP contribution in [-0.2, 0) is 0 Å². The predicted octanol–water partition coefficient (Wildman–Crippen LogP) is 3.22. The van der Waals surface area contributed by atoms with E-state index in [0.717, 1.165) is 11.4 Å². The molecule has 5 heteroatoms. The van der Waals surface area contributed by atoms with Gasteiger partial charge in [0, 0.05) is 19.4 Å². The number of nitrogens with zero attached hydrogens (tertiary/aromatic N) is 2. The van der Waals surface area contributed by atoms with Crippen molar-refractivity contribution in [3.63, 3.8) is 0 Å². The minimum absolute atomic E-state index is 0.493. The van der Waals surface area contributed by atoms with Crippen LogP contribution in [0.5, 0.6) is 0 Å². The van der Waals surface area contributed by atoms with Crippen LogP contribution in [0.2, 0.25) is 10.0 Å². The maximum Gasteiger partial charge on any atom is 0.108 e. The highest BCUT2D eigenvalue weighted by Gasteiger charge is 2.11. The Kier molecular flexibility index (Phi) is 2.84. The first kappa shape index (κ1) is 10.3. The van der Waals surface area contributed by atoms with Crippen molar-refractivity contribution in [1.82, 2.24) is 9.78 Å². The Hall–Kier alpha value is -1.19. The lowest BCUT2D eigenvalue weighted by atomic mass is 10.2. The van der Waals surface area contributed by atoms with Crippen molar-refractivity contribution in [2.45, 2.75) is 0 Å². The van der Waals surface area contributed by atoms with Crippen molar-refractivity contribution in [3.8, 4) is 5.69 Å². The summed E-state index contributed by atoms with van der Waals surface area (Å²) in [6.07, 6.45) is 3.51. The van der Waals surface area contributed by atoms with Crippen LogP contribution in [0.3, 0.4) is 0 Å². The molecule has 2 rings (SSSR count). The van der Waals surface area contributed by atoms with Gasteiger partial charge >= 0.3 is 0 Å². The first-order valence-electron chi connectivity index (χ1n) is 4.40. The quantitative estimate of drug-likeness (QED) is 0.876. The molecule has 78 valence electrons. The molecule has 2 aromatic rings. The summed E-state index contributed by atoms with van der Waals surface area (Å²) >= 11 is 12.1. The Morgan fingerprint density at radius 1 is 1.33 bits per heavy atom. The lowest BCUT2D eigenvalue weighted by molar-refractivity contribution is 0.882. The molecule has 1 aromatic heterocycles. The number of hydrogen-bond donors (Lipinski definition) is 1. The minimum Gasteiger partial charge on any atom is -0.386 e. The summed E-state index contributed by atoms with van der Waals surface area (Å²) < 4.78 is 1.68. The molecule has 1 N–H and O–H groups in total. The van der Waals surface area contributed by atoms with Gasteiger partial charge in [-0.15, -0.1) is 0 Å². The van der Waals surface area contributed by atoms with Crippen molar-refractivity contribution in [1.29, 1.82) is 0 Å². The molecular formula is C10H9Cl2N3. The molecule has 0 atom stereocenters. The summed E-state index contributed by atoms with van der Waals surface area (Å²) in [5, 5.41) is 8.19. The molecule has 1 heterocycles. The van der Waals surface area contributed by atoms with E-state index in [1.54, 1.807) is 16.9 Å². The average Bonchev–Trinajstić information content (AvgIpc) is 2.75. The van der Waals surface area contributed by atoms with Crippen LogP contribution in [0.4, 0.5) is 5.69 Å². The van der Waals surface area contributed by atoms with Gasteiger partial charge in [0.1, 0.15) is 5.69 Å². The fourth-order valence-corrected chi connectivity index (χ4v) is 1.77. The summed E-state index contributed by atoms with van der Waals surface area (Å²) in [6.45, 7) is 0. The molecule has 0 aliphatic rings. The lowest BCUT2D eigenvalue weighted by Gasteiger charge is -2.11. The van der Waals surface area contributed by atoms with Crippen LogP contribution >= 0.6 is 23.2 Å². The van der Waals surface area contributed by atoms with Crippen LogP contribution < -0.4 is 5.32 Å². The van der Waals surface area contributed by atoms with Gasteiger partial charge < -0.3 is 5.32 Å². The van der Waals surface area contributed by atoms with E-state index >= 15 is 0 Å². The first-order chi connectivity index (χ1) is 7.24. The summed E-state index contributed by atoms with van der Waals surface area (Å²) in [5.41, 5.74) is 1.64. The fraction of sp³-hybridized carbons (Fsp3) is 0.100. The van der Waals surface area contributed by atoms with Gasteiger partial charge in [0.2, 0.25) is 0 Å². The largest absolute Gasteiger partial charge is 0.386 e. The van der Waals surface area contributed by atoms with Crippen molar-refractivity contribution in [3.05, 3.63) is 40.6 Å². The van der Waals surface area contributed by atoms with Crippen LogP contribution in [0, 0.1) is 0 Å². The molecule has 0 fully saturated rings. The van der Waals surface area contributed by atoms with Gasteiger partial charge in [0.05, 0.1) is 15.7 Å². The zero-order chi connectivity index (χ0) is 10.8. The second-order valence-corrected chi connectivity index (χ2v) is 3.74.